The molecule has 1 aliphatic heterocycles. The van der Waals surface area contributed by atoms with E-state index < -0.39 is 23.2 Å². The third-order valence-electron chi connectivity index (χ3n) is 6.87. The molecule has 2 aliphatic rings. The minimum absolute atomic E-state index is 0.0857. The molecule has 10 heteroatoms. The van der Waals surface area contributed by atoms with Crippen molar-refractivity contribution in [3.05, 3.63) is 53.5 Å². The Hall–Kier alpha value is -3.53. The van der Waals surface area contributed by atoms with Crippen LogP contribution in [0.15, 0.2) is 36.5 Å². The molecule has 36 heavy (non-hydrogen) atoms. The fourth-order valence-electron chi connectivity index (χ4n) is 4.50. The zero-order valence-corrected chi connectivity index (χ0v) is 20.4. The molecule has 192 valence electrons. The first-order valence-corrected chi connectivity index (χ1v) is 12.1. The van der Waals surface area contributed by atoms with E-state index in [1.54, 1.807) is 18.2 Å². The van der Waals surface area contributed by atoms with Gasteiger partial charge in [0.2, 0.25) is 11.8 Å². The van der Waals surface area contributed by atoms with E-state index in [2.05, 4.69) is 15.6 Å². The van der Waals surface area contributed by atoms with E-state index in [0.717, 1.165) is 12.8 Å². The number of pyridine rings is 1. The zero-order valence-electron chi connectivity index (χ0n) is 20.4. The van der Waals surface area contributed by atoms with Gasteiger partial charge in [0.25, 0.3) is 5.91 Å². The monoisotopic (exact) mass is 498 g/mol. The highest BCUT2D eigenvalue weighted by molar-refractivity contribution is 6.04. The highest BCUT2D eigenvalue weighted by atomic mass is 19.1. The Balaban J connectivity index is 1.30. The van der Waals surface area contributed by atoms with Gasteiger partial charge in [-0.05, 0) is 56.7 Å². The number of amides is 2. The summed E-state index contributed by atoms with van der Waals surface area (Å²) < 4.78 is 19.5. The number of nitrogens with one attached hydrogen (secondary N) is 2. The van der Waals surface area contributed by atoms with Crippen molar-refractivity contribution in [2.24, 2.45) is 5.92 Å². The summed E-state index contributed by atoms with van der Waals surface area (Å²) in [5.41, 5.74) is -0.126. The molecule has 2 heterocycles. The molecular weight excluding hydrogens is 467 g/mol. The number of aliphatic hydroxyl groups is 1. The molecule has 0 bridgehead atoms. The number of benzene rings is 1. The van der Waals surface area contributed by atoms with Crippen LogP contribution in [0.2, 0.25) is 0 Å². The summed E-state index contributed by atoms with van der Waals surface area (Å²) in [7, 11) is 1.47. The van der Waals surface area contributed by atoms with Crippen molar-refractivity contribution < 1.29 is 28.6 Å². The second-order valence-corrected chi connectivity index (χ2v) is 9.44. The van der Waals surface area contributed by atoms with E-state index >= 15 is 0 Å². The predicted molar refractivity (Wildman–Crippen MR) is 131 cm³/mol. The van der Waals surface area contributed by atoms with E-state index in [1.165, 1.54) is 32.4 Å². The zero-order chi connectivity index (χ0) is 25.9. The SMILES string of the molecule is COc1cc(C(=O)NC2(C(=O)NCC3CCN(c4cccc(F)c4C(=O)C(C)O)CC3)CC2)ccn1. The van der Waals surface area contributed by atoms with Crippen LogP contribution < -0.4 is 20.3 Å². The van der Waals surface area contributed by atoms with Crippen LogP contribution in [0.5, 0.6) is 5.88 Å². The fraction of sp³-hybridized carbons (Fsp3) is 0.462. The largest absolute Gasteiger partial charge is 0.481 e. The Labute approximate surface area is 209 Å². The smallest absolute Gasteiger partial charge is 0.252 e. The normalized spacial score (nSPS) is 17.7. The first-order valence-electron chi connectivity index (χ1n) is 12.1. The van der Waals surface area contributed by atoms with Crippen LogP contribution in [0.25, 0.3) is 0 Å². The number of aromatic nitrogens is 1. The lowest BCUT2D eigenvalue weighted by atomic mass is 9.94. The number of piperidine rings is 1. The van der Waals surface area contributed by atoms with Crippen molar-refractivity contribution in [2.45, 2.75) is 44.2 Å². The van der Waals surface area contributed by atoms with Crippen LogP contribution in [0.4, 0.5) is 10.1 Å². The van der Waals surface area contributed by atoms with Crippen molar-refractivity contribution >= 4 is 23.3 Å². The number of halogens is 1. The lowest BCUT2D eigenvalue weighted by molar-refractivity contribution is -0.124. The van der Waals surface area contributed by atoms with E-state index in [9.17, 15) is 23.9 Å². The number of methoxy groups -OCH3 is 1. The molecule has 4 rings (SSSR count). The first kappa shape index (κ1) is 25.6. The molecule has 1 saturated heterocycles. The third-order valence-corrected chi connectivity index (χ3v) is 6.87. The number of hydrogen-bond donors (Lipinski definition) is 3. The standard InChI is InChI=1S/C26H31FN4O5/c1-16(32)23(33)22-19(27)4-3-5-20(22)31-12-7-17(8-13-31)15-29-25(35)26(9-10-26)30-24(34)18-6-11-28-21(14-18)36-2/h3-6,11,14,16-17,32H,7-10,12-13,15H2,1-2H3,(H,29,35)(H,30,34). The number of carbonyl (C=O) groups excluding carboxylic acids is 3. The Bertz CT molecular complexity index is 1140. The molecule has 1 aromatic heterocycles. The van der Waals surface area contributed by atoms with E-state index in [4.69, 9.17) is 4.74 Å². The van der Waals surface area contributed by atoms with Gasteiger partial charge >= 0.3 is 0 Å². The quantitative estimate of drug-likeness (QED) is 0.453. The first-order chi connectivity index (χ1) is 17.2. The van der Waals surface area contributed by atoms with Crippen LogP contribution in [0, 0.1) is 11.7 Å². The Kier molecular flexibility index (Phi) is 7.53. The number of nitrogens with zero attached hydrogens (tertiary/aromatic N) is 2. The molecule has 0 spiro atoms. The van der Waals surface area contributed by atoms with Gasteiger partial charge in [-0.3, -0.25) is 14.4 Å². The molecule has 1 atom stereocenters. The summed E-state index contributed by atoms with van der Waals surface area (Å²) in [6, 6.07) is 7.56. The van der Waals surface area contributed by atoms with E-state index in [-0.39, 0.29) is 23.3 Å². The second kappa shape index (κ2) is 10.6. The highest BCUT2D eigenvalue weighted by Crippen LogP contribution is 2.36. The molecule has 9 nitrogen and oxygen atoms in total. The number of aliphatic hydroxyl groups excluding tert-OH is 1. The van der Waals surface area contributed by atoms with Crippen LogP contribution in [-0.2, 0) is 4.79 Å². The Morgan fingerprint density at radius 3 is 2.61 bits per heavy atom. The van der Waals surface area contributed by atoms with Gasteiger partial charge in [0.15, 0.2) is 5.78 Å². The maximum atomic E-state index is 14.4. The average Bonchev–Trinajstić information content (AvgIpc) is 3.67. The number of carbonyl (C=O) groups is 3. The Morgan fingerprint density at radius 1 is 1.25 bits per heavy atom. The molecule has 1 saturated carbocycles. The van der Waals surface area contributed by atoms with Gasteiger partial charge in [-0.15, -0.1) is 0 Å². The topological polar surface area (TPSA) is 121 Å². The fourth-order valence-corrected chi connectivity index (χ4v) is 4.50. The van der Waals surface area contributed by atoms with Crippen LogP contribution in [0.3, 0.4) is 0 Å². The molecule has 1 unspecified atom stereocenters. The maximum absolute atomic E-state index is 14.4. The summed E-state index contributed by atoms with van der Waals surface area (Å²) in [6.07, 6.45) is 2.83. The van der Waals surface area contributed by atoms with Gasteiger partial charge in [-0.1, -0.05) is 6.07 Å². The molecule has 2 fully saturated rings. The summed E-state index contributed by atoms with van der Waals surface area (Å²) in [5.74, 6) is -1.30. The van der Waals surface area contributed by atoms with Crippen molar-refractivity contribution in [3.63, 3.8) is 0 Å². The molecule has 1 aromatic carbocycles. The second-order valence-electron chi connectivity index (χ2n) is 9.44. The molecular formula is C26H31FN4O5. The van der Waals surface area contributed by atoms with Gasteiger partial charge in [0.1, 0.15) is 17.5 Å². The van der Waals surface area contributed by atoms with Crippen LogP contribution in [0.1, 0.15) is 53.3 Å². The minimum atomic E-state index is -1.29. The maximum Gasteiger partial charge on any atom is 0.252 e. The summed E-state index contributed by atoms with van der Waals surface area (Å²) in [6.45, 7) is 2.98. The molecule has 1 aliphatic carbocycles. The van der Waals surface area contributed by atoms with E-state index in [0.29, 0.717) is 49.6 Å². The third kappa shape index (κ3) is 5.48. The van der Waals surface area contributed by atoms with Crippen molar-refractivity contribution in [1.82, 2.24) is 15.6 Å². The number of rotatable bonds is 9. The number of ether oxygens (including phenoxy) is 1. The lowest BCUT2D eigenvalue weighted by Gasteiger charge is -2.35. The van der Waals surface area contributed by atoms with Gasteiger partial charge in [0, 0.05) is 37.5 Å². The average molecular weight is 499 g/mol. The predicted octanol–water partition coefficient (Wildman–Crippen LogP) is 2.09. The van der Waals surface area contributed by atoms with Gasteiger partial charge in [-0.2, -0.15) is 0 Å². The van der Waals surface area contributed by atoms with Crippen molar-refractivity contribution in [2.75, 3.05) is 31.6 Å². The van der Waals surface area contributed by atoms with Crippen LogP contribution >= 0.6 is 0 Å². The molecule has 3 N–H and O–H groups in total. The summed E-state index contributed by atoms with van der Waals surface area (Å²) in [4.78, 5) is 43.8. The van der Waals surface area contributed by atoms with Crippen molar-refractivity contribution in [3.8, 4) is 5.88 Å². The molecule has 2 amide bonds. The number of hydrogen-bond acceptors (Lipinski definition) is 7. The number of ketones is 1. The van der Waals surface area contributed by atoms with E-state index in [1.807, 2.05) is 4.90 Å². The summed E-state index contributed by atoms with van der Waals surface area (Å²) in [5, 5.41) is 15.5. The summed E-state index contributed by atoms with van der Waals surface area (Å²) >= 11 is 0. The lowest BCUT2D eigenvalue weighted by Crippen LogP contribution is -2.50. The highest BCUT2D eigenvalue weighted by Gasteiger charge is 2.51. The van der Waals surface area contributed by atoms with Gasteiger partial charge in [0.05, 0.1) is 18.4 Å². The van der Waals surface area contributed by atoms with Crippen molar-refractivity contribution in [1.29, 1.82) is 0 Å². The van der Waals surface area contributed by atoms with Gasteiger partial charge < -0.3 is 25.4 Å². The number of anilines is 1. The Morgan fingerprint density at radius 2 is 1.97 bits per heavy atom. The molecule has 0 radical (unpaired) electrons. The van der Waals surface area contributed by atoms with Gasteiger partial charge in [-0.25, -0.2) is 9.37 Å². The molecule has 2 aromatic rings. The number of Topliss-reactive ketones (excluding diaryl/α,β-unsaturated/α-hetero) is 1. The van der Waals surface area contributed by atoms with Crippen LogP contribution in [-0.4, -0.2) is 66.1 Å². The minimum Gasteiger partial charge on any atom is -0.481 e.